The summed E-state index contributed by atoms with van der Waals surface area (Å²) in [4.78, 5) is 30.2. The van der Waals surface area contributed by atoms with E-state index in [1.807, 2.05) is 30.9 Å². The highest BCUT2D eigenvalue weighted by Gasteiger charge is 2.20. The summed E-state index contributed by atoms with van der Waals surface area (Å²) >= 11 is 0. The lowest BCUT2D eigenvalue weighted by Crippen LogP contribution is -2.42. The lowest BCUT2D eigenvalue weighted by Gasteiger charge is -2.26. The van der Waals surface area contributed by atoms with Crippen molar-refractivity contribution in [3.8, 4) is 0 Å². The molecule has 2 atom stereocenters. The molecule has 0 aromatic carbocycles. The predicted molar refractivity (Wildman–Crippen MR) is 172 cm³/mol. The molecule has 2 unspecified atom stereocenters. The Bertz CT molecular complexity index is 587. The first kappa shape index (κ1) is 40.7. The molecule has 42 heavy (non-hydrogen) atoms. The Balaban J connectivity index is 3.87. The van der Waals surface area contributed by atoms with Crippen molar-refractivity contribution in [2.75, 3.05) is 73.6 Å². The SMILES string of the molecule is CCCCCCCCCCOC(=O)C(O)CN(C)CCN(C)CCN(C)CC(O)C(=O)OCCCCCCCCCC. The molecule has 0 fully saturated rings. The van der Waals surface area contributed by atoms with Crippen LogP contribution in [0.25, 0.3) is 0 Å². The Morgan fingerprint density at radius 2 is 0.786 bits per heavy atom. The number of aliphatic hydroxyl groups excluding tert-OH is 2. The molecule has 2 N–H and O–H groups in total. The van der Waals surface area contributed by atoms with E-state index in [1.54, 1.807) is 0 Å². The second kappa shape index (κ2) is 28.5. The second-order valence-corrected chi connectivity index (χ2v) is 12.1. The lowest BCUT2D eigenvalue weighted by atomic mass is 10.1. The maximum Gasteiger partial charge on any atom is 0.336 e. The molecular weight excluding hydrogens is 534 g/mol. The molecule has 9 heteroatoms. The van der Waals surface area contributed by atoms with Gasteiger partial charge in [0.2, 0.25) is 0 Å². The van der Waals surface area contributed by atoms with Gasteiger partial charge in [-0.25, -0.2) is 9.59 Å². The van der Waals surface area contributed by atoms with Crippen molar-refractivity contribution in [3.63, 3.8) is 0 Å². The highest BCUT2D eigenvalue weighted by atomic mass is 16.6. The van der Waals surface area contributed by atoms with Gasteiger partial charge in [0, 0.05) is 39.3 Å². The smallest absolute Gasteiger partial charge is 0.336 e. The molecule has 0 bridgehead atoms. The molecule has 0 aliphatic rings. The normalized spacial score (nSPS) is 13.2. The minimum atomic E-state index is -1.14. The summed E-state index contributed by atoms with van der Waals surface area (Å²) in [6.07, 6.45) is 16.6. The maximum atomic E-state index is 12.1. The average molecular weight is 602 g/mol. The number of nitrogens with zero attached hydrogens (tertiary/aromatic N) is 3. The molecule has 0 radical (unpaired) electrons. The lowest BCUT2D eigenvalue weighted by molar-refractivity contribution is -0.155. The van der Waals surface area contributed by atoms with Crippen LogP contribution in [0.3, 0.4) is 0 Å². The number of hydrogen-bond acceptors (Lipinski definition) is 9. The largest absolute Gasteiger partial charge is 0.464 e. The van der Waals surface area contributed by atoms with Gasteiger partial charge in [0.15, 0.2) is 12.2 Å². The van der Waals surface area contributed by atoms with Crippen LogP contribution in [0.1, 0.15) is 117 Å². The number of carbonyl (C=O) groups is 2. The Morgan fingerprint density at radius 1 is 0.500 bits per heavy atom. The van der Waals surface area contributed by atoms with Crippen LogP contribution in [0, 0.1) is 0 Å². The molecule has 0 saturated heterocycles. The van der Waals surface area contributed by atoms with E-state index in [-0.39, 0.29) is 13.1 Å². The van der Waals surface area contributed by atoms with Crippen LogP contribution < -0.4 is 0 Å². The number of unbranched alkanes of at least 4 members (excludes halogenated alkanes) is 14. The molecule has 0 saturated carbocycles. The first-order chi connectivity index (χ1) is 20.2. The number of esters is 2. The van der Waals surface area contributed by atoms with Crippen LogP contribution in [-0.2, 0) is 19.1 Å². The standard InChI is InChI=1S/C33H67N3O6/c1-6-8-10-12-14-16-18-20-26-41-32(39)30(37)28-35(4)24-22-34(3)23-25-36(5)29-31(38)33(40)42-27-21-19-17-15-13-11-9-7-2/h30-31,37-38H,6-29H2,1-5H3. The van der Waals surface area contributed by atoms with Crippen molar-refractivity contribution < 1.29 is 29.3 Å². The van der Waals surface area contributed by atoms with E-state index in [9.17, 15) is 19.8 Å². The fraction of sp³-hybridized carbons (Fsp3) is 0.939. The first-order valence-electron chi connectivity index (χ1n) is 17.0. The summed E-state index contributed by atoms with van der Waals surface area (Å²) in [6, 6.07) is 0. The van der Waals surface area contributed by atoms with Crippen LogP contribution in [0.15, 0.2) is 0 Å². The Kier molecular flexibility index (Phi) is 27.7. The topological polar surface area (TPSA) is 103 Å². The van der Waals surface area contributed by atoms with Crippen LogP contribution in [-0.4, -0.2) is 123 Å². The third-order valence-electron chi connectivity index (χ3n) is 7.72. The van der Waals surface area contributed by atoms with E-state index in [0.29, 0.717) is 26.3 Å². The van der Waals surface area contributed by atoms with Crippen molar-refractivity contribution in [3.05, 3.63) is 0 Å². The van der Waals surface area contributed by atoms with Crippen LogP contribution in [0.4, 0.5) is 0 Å². The summed E-state index contributed by atoms with van der Waals surface area (Å²) in [5.41, 5.74) is 0. The first-order valence-corrected chi connectivity index (χ1v) is 17.0. The molecule has 0 aromatic rings. The van der Waals surface area contributed by atoms with Gasteiger partial charge in [-0.1, -0.05) is 104 Å². The van der Waals surface area contributed by atoms with Gasteiger partial charge >= 0.3 is 11.9 Å². The zero-order chi connectivity index (χ0) is 31.4. The van der Waals surface area contributed by atoms with Crippen molar-refractivity contribution in [2.45, 2.75) is 129 Å². The van der Waals surface area contributed by atoms with Gasteiger partial charge in [0.25, 0.3) is 0 Å². The van der Waals surface area contributed by atoms with Gasteiger partial charge in [-0.15, -0.1) is 0 Å². The molecule has 0 aromatic heterocycles. The minimum Gasteiger partial charge on any atom is -0.464 e. The summed E-state index contributed by atoms with van der Waals surface area (Å²) < 4.78 is 10.5. The zero-order valence-electron chi connectivity index (χ0n) is 28.0. The van der Waals surface area contributed by atoms with E-state index in [2.05, 4.69) is 18.7 Å². The molecule has 9 nitrogen and oxygen atoms in total. The Labute approximate surface area is 258 Å². The van der Waals surface area contributed by atoms with Crippen molar-refractivity contribution in [1.82, 2.24) is 14.7 Å². The van der Waals surface area contributed by atoms with Gasteiger partial charge in [0.1, 0.15) is 0 Å². The monoisotopic (exact) mass is 602 g/mol. The van der Waals surface area contributed by atoms with Crippen molar-refractivity contribution in [2.24, 2.45) is 0 Å². The summed E-state index contributed by atoms with van der Waals surface area (Å²) in [7, 11) is 5.76. The summed E-state index contributed by atoms with van der Waals surface area (Å²) in [5, 5.41) is 20.4. The van der Waals surface area contributed by atoms with Gasteiger partial charge in [-0.2, -0.15) is 0 Å². The molecule has 0 rings (SSSR count). The van der Waals surface area contributed by atoms with Gasteiger partial charge in [-0.3, -0.25) is 0 Å². The van der Waals surface area contributed by atoms with Gasteiger partial charge < -0.3 is 34.4 Å². The Morgan fingerprint density at radius 3 is 1.12 bits per heavy atom. The second-order valence-electron chi connectivity index (χ2n) is 12.1. The van der Waals surface area contributed by atoms with Gasteiger partial charge in [0.05, 0.1) is 13.2 Å². The number of aliphatic hydroxyl groups is 2. The molecule has 250 valence electrons. The third kappa shape index (κ3) is 25.3. The van der Waals surface area contributed by atoms with Crippen LogP contribution in [0.2, 0.25) is 0 Å². The van der Waals surface area contributed by atoms with E-state index >= 15 is 0 Å². The van der Waals surface area contributed by atoms with Crippen LogP contribution >= 0.6 is 0 Å². The molecular formula is C33H67N3O6. The van der Waals surface area contributed by atoms with Gasteiger partial charge in [-0.05, 0) is 34.0 Å². The number of rotatable bonds is 30. The third-order valence-corrected chi connectivity index (χ3v) is 7.72. The van der Waals surface area contributed by atoms with E-state index < -0.39 is 24.1 Å². The van der Waals surface area contributed by atoms with E-state index in [4.69, 9.17) is 9.47 Å². The van der Waals surface area contributed by atoms with Crippen molar-refractivity contribution in [1.29, 1.82) is 0 Å². The number of carbonyl (C=O) groups excluding carboxylic acids is 2. The average Bonchev–Trinajstić information content (AvgIpc) is 2.96. The van der Waals surface area contributed by atoms with Crippen molar-refractivity contribution >= 4 is 11.9 Å². The quantitative estimate of drug-likeness (QED) is 0.0882. The minimum absolute atomic E-state index is 0.233. The Hall–Kier alpha value is -1.26. The highest BCUT2D eigenvalue weighted by molar-refractivity contribution is 5.74. The van der Waals surface area contributed by atoms with Crippen LogP contribution in [0.5, 0.6) is 0 Å². The molecule has 0 spiro atoms. The number of ether oxygens (including phenoxy) is 2. The summed E-state index contributed by atoms with van der Waals surface area (Å²) in [5.74, 6) is -1.09. The fourth-order valence-corrected chi connectivity index (χ4v) is 4.73. The molecule has 0 aliphatic heterocycles. The highest BCUT2D eigenvalue weighted by Crippen LogP contribution is 2.10. The molecule has 0 heterocycles. The van der Waals surface area contributed by atoms with E-state index in [1.165, 1.54) is 77.0 Å². The molecule has 0 aliphatic carbocycles. The number of hydrogen-bond donors (Lipinski definition) is 2. The number of likely N-dealkylation sites (N-methyl/N-ethyl adjacent to an activating group) is 3. The summed E-state index contributed by atoms with van der Waals surface area (Å²) in [6.45, 7) is 8.54. The zero-order valence-corrected chi connectivity index (χ0v) is 28.0. The predicted octanol–water partition coefficient (Wildman–Crippen LogP) is 4.87. The maximum absolute atomic E-state index is 12.1. The van der Waals surface area contributed by atoms with E-state index in [0.717, 1.165) is 38.8 Å². The molecule has 0 amide bonds. The fourth-order valence-electron chi connectivity index (χ4n) is 4.73.